The monoisotopic (exact) mass is 482 g/mol. The summed E-state index contributed by atoms with van der Waals surface area (Å²) in [6.07, 6.45) is 7.98. The average molecular weight is 483 g/mol. The fraction of sp³-hybridized carbons (Fsp3) is 0.333. The Morgan fingerprint density at radius 3 is 2.16 bits per heavy atom. The quantitative estimate of drug-likeness (QED) is 0.177. The molecule has 3 rings (SSSR count). The van der Waals surface area contributed by atoms with E-state index in [1.807, 2.05) is 0 Å². The number of carbonyl (C=O) groups excluding carboxylic acids is 1. The van der Waals surface area contributed by atoms with Gasteiger partial charge in [0, 0.05) is 45.2 Å². The van der Waals surface area contributed by atoms with Gasteiger partial charge < -0.3 is 24.9 Å². The third kappa shape index (κ3) is 14.8. The molecule has 0 radical (unpaired) electrons. The lowest BCUT2D eigenvalue weighted by molar-refractivity contribution is -0.156. The number of hydrogen-bond acceptors (Lipinski definition) is 10. The summed E-state index contributed by atoms with van der Waals surface area (Å²) < 4.78 is 47.2. The molecule has 3 aromatic heterocycles. The van der Waals surface area contributed by atoms with Gasteiger partial charge in [0.05, 0.1) is 13.5 Å². The number of nitrogens with zero attached hydrogens (tertiary/aromatic N) is 4. The Balaban J connectivity index is 0.000000404. The number of nitrogen functional groups attached to an aromatic ring is 1. The Kier molecular flexibility index (Phi) is 13.7. The Labute approximate surface area is 182 Å². The number of aromatic nitrogens is 5. The molecule has 0 aliphatic carbocycles. The lowest BCUT2D eigenvalue weighted by Gasteiger charge is -2.10. The predicted octanol–water partition coefficient (Wildman–Crippen LogP) is 0.890. The number of nitrogens with one attached hydrogen (secondary N) is 1. The number of methoxy groups -OCH3 is 3. The van der Waals surface area contributed by atoms with Crippen molar-refractivity contribution in [2.24, 2.45) is 0 Å². The van der Waals surface area contributed by atoms with E-state index in [4.69, 9.17) is 44.3 Å². The largest absolute Gasteiger partial charge is 0.469 e. The number of carbonyl (C=O) groups is 1. The van der Waals surface area contributed by atoms with Crippen LogP contribution in [0.3, 0.4) is 0 Å². The van der Waals surface area contributed by atoms with Crippen molar-refractivity contribution in [1.29, 1.82) is 0 Å². The van der Waals surface area contributed by atoms with Crippen molar-refractivity contribution in [3.8, 4) is 0 Å². The highest BCUT2D eigenvalue weighted by molar-refractivity contribution is 7.79. The molecule has 174 valence electrons. The Hall–Kier alpha value is -2.82. The molecule has 3 heterocycles. The molecule has 3 aromatic rings. The molecule has 0 fully saturated rings. The Morgan fingerprint density at radius 2 is 1.77 bits per heavy atom. The topological polar surface area (TPSA) is 204 Å². The predicted molar refractivity (Wildman–Crippen MR) is 110 cm³/mol. The van der Waals surface area contributed by atoms with Crippen LogP contribution in [0.1, 0.15) is 6.42 Å². The molecular formula is C15H23ClN6O8S. The number of ether oxygens (including phenoxy) is 3. The normalized spacial score (nSPS) is 10.2. The maximum atomic E-state index is 10.6. The smallest absolute Gasteiger partial charge is 0.394 e. The number of halogens is 1. The zero-order valence-electron chi connectivity index (χ0n) is 16.7. The van der Waals surface area contributed by atoms with Crippen LogP contribution in [0.15, 0.2) is 37.1 Å². The molecule has 0 spiro atoms. The highest BCUT2D eigenvalue weighted by atomic mass is 35.5. The second-order valence-corrected chi connectivity index (χ2v) is 6.25. The van der Waals surface area contributed by atoms with Crippen molar-refractivity contribution in [3.05, 3.63) is 42.2 Å². The molecule has 31 heavy (non-hydrogen) atoms. The maximum Gasteiger partial charge on any atom is 0.394 e. The first-order valence-electron chi connectivity index (χ1n) is 8.02. The number of anilines is 1. The summed E-state index contributed by atoms with van der Waals surface area (Å²) in [5, 5.41) is 0.627. The van der Waals surface area contributed by atoms with Crippen molar-refractivity contribution in [2.45, 2.75) is 12.7 Å². The number of nitrogens with two attached hydrogens (primary N) is 1. The van der Waals surface area contributed by atoms with Crippen LogP contribution in [0.4, 0.5) is 5.95 Å². The Bertz CT molecular complexity index is 970. The van der Waals surface area contributed by atoms with Crippen molar-refractivity contribution >= 4 is 39.7 Å². The van der Waals surface area contributed by atoms with Gasteiger partial charge >= 0.3 is 16.4 Å². The highest BCUT2D eigenvalue weighted by Crippen LogP contribution is 2.07. The molecule has 0 atom stereocenters. The van der Waals surface area contributed by atoms with E-state index >= 15 is 0 Å². The van der Waals surface area contributed by atoms with Crippen LogP contribution in [0.5, 0.6) is 0 Å². The van der Waals surface area contributed by atoms with Gasteiger partial charge in [-0.25, -0.2) is 15.0 Å². The highest BCUT2D eigenvalue weighted by Gasteiger charge is 2.11. The Morgan fingerprint density at radius 1 is 1.19 bits per heavy atom. The van der Waals surface area contributed by atoms with Gasteiger partial charge in [-0.05, 0) is 6.07 Å². The number of hydrogen-bond donors (Lipinski definition) is 4. The van der Waals surface area contributed by atoms with Crippen LogP contribution in [-0.4, -0.2) is 75.4 Å². The maximum absolute atomic E-state index is 10.6. The molecule has 0 amide bonds. The molecular weight excluding hydrogens is 460 g/mol. The van der Waals surface area contributed by atoms with E-state index in [1.54, 1.807) is 41.5 Å². The van der Waals surface area contributed by atoms with Crippen LogP contribution in [0, 0.1) is 0 Å². The molecule has 14 nitrogen and oxygen atoms in total. The van der Waals surface area contributed by atoms with Gasteiger partial charge in [0.25, 0.3) is 0 Å². The van der Waals surface area contributed by atoms with E-state index in [2.05, 4.69) is 24.7 Å². The molecule has 0 aliphatic rings. The first kappa shape index (κ1) is 28.2. The van der Waals surface area contributed by atoms with Crippen LogP contribution >= 0.6 is 11.6 Å². The van der Waals surface area contributed by atoms with E-state index in [0.717, 1.165) is 0 Å². The third-order valence-electron chi connectivity index (χ3n) is 2.86. The second kappa shape index (κ2) is 15.1. The van der Waals surface area contributed by atoms with E-state index in [9.17, 15) is 4.79 Å². The van der Waals surface area contributed by atoms with Gasteiger partial charge in [-0.15, -0.1) is 0 Å². The number of fused-ring (bicyclic) bond motifs is 1. The molecule has 16 heteroatoms. The average Bonchev–Trinajstić information content (AvgIpc) is 3.37. The molecule has 0 saturated heterocycles. The van der Waals surface area contributed by atoms with Gasteiger partial charge in [-0.3, -0.25) is 18.3 Å². The molecule has 0 bridgehead atoms. The number of H-pyrrole nitrogens is 1. The minimum atomic E-state index is -4.67. The lowest BCUT2D eigenvalue weighted by atomic mass is 10.4. The summed E-state index contributed by atoms with van der Waals surface area (Å²) >= 11 is 5.78. The van der Waals surface area contributed by atoms with Crippen LogP contribution in [-0.2, 0) is 29.4 Å². The number of imidazole rings is 2. The molecule has 0 aliphatic heterocycles. The number of rotatable bonds is 4. The third-order valence-corrected chi connectivity index (χ3v) is 3.17. The van der Waals surface area contributed by atoms with Crippen LogP contribution < -0.4 is 5.73 Å². The fourth-order valence-corrected chi connectivity index (χ4v) is 1.75. The first-order chi connectivity index (χ1) is 14.5. The van der Waals surface area contributed by atoms with E-state index in [-0.39, 0.29) is 12.4 Å². The van der Waals surface area contributed by atoms with Crippen LogP contribution in [0.25, 0.3) is 5.78 Å². The SMILES string of the molecule is COC(=O)CC(OC)OC.Clc1ccnc2nccn12.Nc1ncc[nH]1.O=S(=O)(O)O. The van der Waals surface area contributed by atoms with Crippen molar-refractivity contribution in [2.75, 3.05) is 27.1 Å². The molecule has 0 saturated carbocycles. The molecule has 0 unspecified atom stereocenters. The standard InChI is InChI=1S/C6H4ClN3.C6H12O4.C3H5N3.H2O4S/c7-5-1-2-8-6-9-3-4-10(5)6;1-8-5(7)4-6(9-2)10-3;4-3-5-1-2-6-3;1-5(2,3)4/h1-4H;6H,4H2,1-3H3;1-2H,(H3,4,5,6);(H2,1,2,3,4). The van der Waals surface area contributed by atoms with E-state index in [1.165, 1.54) is 21.3 Å². The summed E-state index contributed by atoms with van der Waals surface area (Å²) in [6, 6.07) is 1.72. The zero-order chi connectivity index (χ0) is 23.9. The molecule has 0 aromatic carbocycles. The minimum absolute atomic E-state index is 0.128. The second-order valence-electron chi connectivity index (χ2n) is 4.97. The van der Waals surface area contributed by atoms with Crippen LogP contribution in [0.2, 0.25) is 5.15 Å². The van der Waals surface area contributed by atoms with E-state index in [0.29, 0.717) is 16.9 Å². The number of esters is 1. The zero-order valence-corrected chi connectivity index (χ0v) is 18.3. The van der Waals surface area contributed by atoms with Crippen molar-refractivity contribution in [3.63, 3.8) is 0 Å². The summed E-state index contributed by atoms with van der Waals surface area (Å²) in [7, 11) is -0.404. The summed E-state index contributed by atoms with van der Waals surface area (Å²) in [6.45, 7) is 0. The van der Waals surface area contributed by atoms with Crippen molar-refractivity contribution < 1.29 is 36.5 Å². The summed E-state index contributed by atoms with van der Waals surface area (Å²) in [5.74, 6) is 0.760. The van der Waals surface area contributed by atoms with Gasteiger partial charge in [-0.2, -0.15) is 8.42 Å². The summed E-state index contributed by atoms with van der Waals surface area (Å²) in [4.78, 5) is 24.8. The molecule has 5 N–H and O–H groups in total. The minimum Gasteiger partial charge on any atom is -0.469 e. The lowest BCUT2D eigenvalue weighted by Crippen LogP contribution is -2.18. The van der Waals surface area contributed by atoms with Crippen molar-refractivity contribution in [1.82, 2.24) is 24.3 Å². The first-order valence-corrected chi connectivity index (χ1v) is 9.80. The van der Waals surface area contributed by atoms with Gasteiger partial charge in [0.1, 0.15) is 5.15 Å². The van der Waals surface area contributed by atoms with Gasteiger partial charge in [0.15, 0.2) is 12.2 Å². The summed E-state index contributed by atoms with van der Waals surface area (Å²) in [5.41, 5.74) is 5.11. The van der Waals surface area contributed by atoms with E-state index < -0.39 is 16.7 Å². The van der Waals surface area contributed by atoms with Gasteiger partial charge in [0.2, 0.25) is 5.78 Å². The van der Waals surface area contributed by atoms with Gasteiger partial charge in [-0.1, -0.05) is 11.6 Å². The fourth-order valence-electron chi connectivity index (χ4n) is 1.56. The number of aromatic amines is 1.